The Kier molecular flexibility index (Phi) is 24.2. The molecule has 7 aromatic carbocycles. The third-order valence-corrected chi connectivity index (χ3v) is 24.0. The van der Waals surface area contributed by atoms with Gasteiger partial charge in [-0.15, -0.1) is 0 Å². The van der Waals surface area contributed by atoms with E-state index in [-0.39, 0.29) is 97.6 Å². The number of carbonyl (C=O) groups excluding carboxylic acids is 5. The second-order valence-electron chi connectivity index (χ2n) is 32.8. The number of carbonyl (C=O) groups is 5. The highest BCUT2D eigenvalue weighted by molar-refractivity contribution is 6.01. The molecule has 17 aromatic rings. The molecule has 0 spiro atoms. The van der Waals surface area contributed by atoms with Gasteiger partial charge >= 0.3 is 0 Å². The lowest BCUT2D eigenvalue weighted by Gasteiger charge is -2.19. The minimum absolute atomic E-state index is 0.102. The van der Waals surface area contributed by atoms with Gasteiger partial charge in [-0.3, -0.25) is 67.9 Å². The van der Waals surface area contributed by atoms with Gasteiger partial charge < -0.3 is 34.0 Å². The van der Waals surface area contributed by atoms with Gasteiger partial charge in [0.25, 0.3) is 29.5 Å². The summed E-state index contributed by atoms with van der Waals surface area (Å²) in [5.41, 5.74) is 19.6. The third-order valence-electron chi connectivity index (χ3n) is 24.0. The topological polar surface area (TPSA) is 245 Å². The normalized spacial score (nSPS) is 13.6. The quantitative estimate of drug-likeness (QED) is 0.0866. The molecule has 0 bridgehead atoms. The molecule has 16 heterocycles. The molecule has 5 amide bonds. The summed E-state index contributed by atoms with van der Waals surface area (Å²) in [5.74, 6) is -2.25. The van der Waals surface area contributed by atoms with E-state index in [2.05, 4.69) is 45.0 Å². The smallest absolute Gasteiger partial charge is 0.256 e. The second kappa shape index (κ2) is 37.4. The summed E-state index contributed by atoms with van der Waals surface area (Å²) in [7, 11) is 1.88. The van der Waals surface area contributed by atoms with E-state index >= 15 is 0 Å². The van der Waals surface area contributed by atoms with Gasteiger partial charge in [0, 0.05) is 145 Å². The molecule has 0 radical (unpaired) electrons. The number of pyridine rings is 8. The van der Waals surface area contributed by atoms with E-state index in [4.69, 9.17) is 9.47 Å². The minimum Gasteiger partial charge on any atom is -0.486 e. The molecule has 0 aliphatic carbocycles. The number of amides is 5. The van der Waals surface area contributed by atoms with Crippen molar-refractivity contribution in [1.29, 1.82) is 0 Å². The molecule has 0 fully saturated rings. The molecule has 6 aliphatic rings. The fourth-order valence-electron chi connectivity index (χ4n) is 17.0. The number of benzene rings is 7. The molecule has 0 saturated heterocycles. The van der Waals surface area contributed by atoms with E-state index in [1.54, 1.807) is 189 Å². The molecule has 10 aromatic heterocycles. The highest BCUT2D eigenvalue weighted by Crippen LogP contribution is 2.39. The van der Waals surface area contributed by atoms with Gasteiger partial charge in [-0.1, -0.05) is 78.9 Å². The number of aryl methyl sites for hydroxylation is 3. The van der Waals surface area contributed by atoms with Crippen molar-refractivity contribution in [3.05, 3.63) is 417 Å². The molecular formula is C105H80F6N16O7. The summed E-state index contributed by atoms with van der Waals surface area (Å²) in [5, 5.41) is 5.27. The lowest BCUT2D eigenvalue weighted by Crippen LogP contribution is -2.24. The fourth-order valence-corrected chi connectivity index (χ4v) is 17.0. The predicted octanol–water partition coefficient (Wildman–Crippen LogP) is 19.1. The van der Waals surface area contributed by atoms with Crippen LogP contribution in [0.2, 0.25) is 0 Å². The van der Waals surface area contributed by atoms with Crippen molar-refractivity contribution >= 4 is 46.1 Å². The number of rotatable bonds is 15. The van der Waals surface area contributed by atoms with Crippen LogP contribution in [0.25, 0.3) is 72.3 Å². The second-order valence-corrected chi connectivity index (χ2v) is 32.8. The first-order chi connectivity index (χ1) is 65.1. The van der Waals surface area contributed by atoms with E-state index in [9.17, 15) is 50.3 Å². The Balaban J connectivity index is 0.000000108. The molecule has 6 aliphatic heterocycles. The number of aromatic nitrogens is 11. The molecule has 29 heteroatoms. The number of fused-ring (bicyclic) bond motifs is 8. The van der Waals surface area contributed by atoms with Crippen LogP contribution < -0.4 is 9.47 Å². The zero-order chi connectivity index (χ0) is 92.4. The Hall–Kier alpha value is -16.7. The van der Waals surface area contributed by atoms with Crippen molar-refractivity contribution in [2.24, 2.45) is 7.05 Å². The van der Waals surface area contributed by atoms with Gasteiger partial charge in [-0.2, -0.15) is 5.10 Å². The average Bonchev–Trinajstić information content (AvgIpc) is 1.46. The van der Waals surface area contributed by atoms with Crippen molar-refractivity contribution in [3.8, 4) is 67.3 Å². The van der Waals surface area contributed by atoms with Crippen molar-refractivity contribution < 1.29 is 59.8 Å². The van der Waals surface area contributed by atoms with Crippen molar-refractivity contribution in [1.82, 2.24) is 78.6 Å². The minimum atomic E-state index is -0.702. The number of hydrogen-bond donors (Lipinski definition) is 0. The Morgan fingerprint density at radius 3 is 1.22 bits per heavy atom. The molecule has 23 nitrogen and oxygen atoms in total. The first kappa shape index (κ1) is 86.6. The lowest BCUT2D eigenvalue weighted by molar-refractivity contribution is 0.0756. The average molecular weight is 1790 g/mol. The van der Waals surface area contributed by atoms with Crippen molar-refractivity contribution in [3.63, 3.8) is 0 Å². The zero-order valence-electron chi connectivity index (χ0n) is 72.4. The van der Waals surface area contributed by atoms with Crippen LogP contribution in [0.1, 0.15) is 119 Å². The number of hydrogen-bond acceptors (Lipinski definition) is 16. The first-order valence-corrected chi connectivity index (χ1v) is 43.0. The van der Waals surface area contributed by atoms with Crippen LogP contribution in [-0.2, 0) is 72.5 Å². The van der Waals surface area contributed by atoms with E-state index in [1.807, 2.05) is 110 Å². The van der Waals surface area contributed by atoms with Crippen LogP contribution in [0, 0.1) is 48.8 Å². The Morgan fingerprint density at radius 2 is 0.746 bits per heavy atom. The SMILES string of the molecule is Cc1ccc(-c2ccc(CN3Cc4ncccc4C3=O)c(F)c2)cn1.Cc1cncc(-c2ccc(CN3Cc4ncccc4C3=O)c(F)c2)c1.Cn1ncc2c(-c3ccc(CN4Cc5ncccc5C4=O)c(F)c3)cccc21.O=C1c2cccnc2CN1Cc1c(F)cc(-c2ccc3c(c2)OCCO3)cc1F.O=C1c2cccnc2CN1Cc1ccc(-c2cnc3ccccn23)cc1F. The number of imidazole rings is 1. The predicted molar refractivity (Wildman–Crippen MR) is 487 cm³/mol. The van der Waals surface area contributed by atoms with Crippen LogP contribution in [-0.4, -0.2) is 121 Å². The molecule has 23 rings (SSSR count). The lowest BCUT2D eigenvalue weighted by atomic mass is 10.00. The van der Waals surface area contributed by atoms with E-state index in [0.717, 1.165) is 95.2 Å². The molecular weight excluding hydrogens is 1710 g/mol. The van der Waals surface area contributed by atoms with Gasteiger partial charge in [0.1, 0.15) is 53.8 Å². The summed E-state index contributed by atoms with van der Waals surface area (Å²) in [6, 6.07) is 62.9. The maximum atomic E-state index is 14.9. The van der Waals surface area contributed by atoms with Crippen molar-refractivity contribution in [2.75, 3.05) is 13.2 Å². The summed E-state index contributed by atoms with van der Waals surface area (Å²) < 4.78 is 103. The zero-order valence-corrected chi connectivity index (χ0v) is 72.4. The molecule has 0 saturated carbocycles. The summed E-state index contributed by atoms with van der Waals surface area (Å²) in [6.07, 6.45) is 18.9. The Morgan fingerprint density at radius 1 is 0.328 bits per heavy atom. The number of ether oxygens (including phenoxy) is 2. The third kappa shape index (κ3) is 18.0. The highest BCUT2D eigenvalue weighted by Gasteiger charge is 2.35. The largest absolute Gasteiger partial charge is 0.486 e. The maximum Gasteiger partial charge on any atom is 0.256 e. The van der Waals surface area contributed by atoms with E-state index in [1.165, 1.54) is 41.3 Å². The van der Waals surface area contributed by atoms with Gasteiger partial charge in [-0.05, 0) is 192 Å². The summed E-state index contributed by atoms with van der Waals surface area (Å²) in [6.45, 7) is 7.38. The van der Waals surface area contributed by atoms with Crippen LogP contribution in [0.4, 0.5) is 26.3 Å². The maximum absolute atomic E-state index is 14.9. The summed E-state index contributed by atoms with van der Waals surface area (Å²) in [4.78, 5) is 104. The molecule has 134 heavy (non-hydrogen) atoms. The highest BCUT2D eigenvalue weighted by atomic mass is 19.2. The Bertz CT molecular complexity index is 7480. The first-order valence-electron chi connectivity index (χ1n) is 43.0. The van der Waals surface area contributed by atoms with Gasteiger partial charge in [-0.25, -0.2) is 31.3 Å². The van der Waals surface area contributed by atoms with E-state index < -0.39 is 11.6 Å². The van der Waals surface area contributed by atoms with Gasteiger partial charge in [0.05, 0.1) is 119 Å². The van der Waals surface area contributed by atoms with Crippen LogP contribution in [0.5, 0.6) is 11.5 Å². The van der Waals surface area contributed by atoms with E-state index in [0.29, 0.717) is 118 Å². The van der Waals surface area contributed by atoms with Crippen LogP contribution in [0.15, 0.2) is 287 Å². The summed E-state index contributed by atoms with van der Waals surface area (Å²) >= 11 is 0. The van der Waals surface area contributed by atoms with Crippen LogP contribution in [0.3, 0.4) is 0 Å². The van der Waals surface area contributed by atoms with Crippen LogP contribution >= 0.6 is 0 Å². The van der Waals surface area contributed by atoms with Gasteiger partial charge in [0.2, 0.25) is 0 Å². The van der Waals surface area contributed by atoms with Gasteiger partial charge in [0.15, 0.2) is 11.5 Å². The number of halogens is 6. The number of nitrogens with zero attached hydrogens (tertiary/aromatic N) is 16. The monoisotopic (exact) mass is 1790 g/mol. The molecule has 0 N–H and O–H groups in total. The molecule has 664 valence electrons. The standard InChI is InChI=1S/C22H16F2N2O3.C22H17FN4O.C21H15FN4O.2C20H16FN3O/c23-17-8-14(13-3-4-20-21(10-13)29-7-6-28-20)9-18(24)16(17)11-26-12-19-15(22(26)27)2-1-5-25-19;1-26-21-6-2-4-16(18(21)11-25-26)14-7-8-15(19(23)10-14)12-27-13-20-17(22(27)28)5-3-9-24-20;22-17-10-14(19-11-24-20-5-1-2-9-26(19)20)6-7-15(17)12-25-13-18-16(21(25)27)4-3-8-23-18;1-13-4-5-15(10-23-13)14-6-7-16(18(21)9-14)11-24-12-19-17(20(24)25)3-2-8-22-19;1-13-7-16(10-22-9-13)14-4-5-15(18(21)8-14)11-24-12-19-17(20(24)25)3-2-6-23-19/h1-5,8-10H,6-7,11-12H2;2-11H,12-13H2,1H3;1-11H,12-13H2;2*2-10H,11-12H2,1H3. The molecule has 0 atom stereocenters. The van der Waals surface area contributed by atoms with Crippen molar-refractivity contribution in [2.45, 2.75) is 79.3 Å². The Labute approximate surface area is 764 Å². The fraction of sp³-hybridized carbons (Fsp3) is 0.143. The molecule has 0 unspecified atom stereocenters.